The van der Waals surface area contributed by atoms with Gasteiger partial charge in [0.05, 0.1) is 12.8 Å². The Hall–Kier alpha value is -2.34. The molecule has 23 heavy (non-hydrogen) atoms. The molecule has 0 spiro atoms. The monoisotopic (exact) mass is 332 g/mol. The fourth-order valence-electron chi connectivity index (χ4n) is 1.71. The summed E-state index contributed by atoms with van der Waals surface area (Å²) >= 11 is 1.23. The van der Waals surface area contributed by atoms with E-state index >= 15 is 0 Å². The maximum absolute atomic E-state index is 12.5. The number of hydrogen-bond donors (Lipinski definition) is 1. The van der Waals surface area contributed by atoms with Crippen LogP contribution in [0.4, 0.5) is 10.1 Å². The van der Waals surface area contributed by atoms with Crippen molar-refractivity contribution >= 4 is 28.3 Å². The molecule has 0 atom stereocenters. The summed E-state index contributed by atoms with van der Waals surface area (Å²) in [6, 6.07) is 14.1. The minimum Gasteiger partial charge on any atom is -0.497 e. The first-order chi connectivity index (χ1) is 11.1. The highest BCUT2D eigenvalue weighted by Gasteiger charge is 2.09. The highest BCUT2D eigenvalue weighted by Crippen LogP contribution is 2.22. The molecular formula is C17H17FN2O2S. The Labute approximate surface area is 138 Å². The zero-order valence-corrected chi connectivity index (χ0v) is 13.7. The number of Topliss-reactive ketones (excluding diaryl/α,β-unsaturated/α-hetero) is 1. The van der Waals surface area contributed by atoms with Crippen molar-refractivity contribution in [3.8, 4) is 5.75 Å². The van der Waals surface area contributed by atoms with Gasteiger partial charge in [-0.15, -0.1) is 0 Å². The molecule has 0 saturated heterocycles. The number of ketones is 1. The molecule has 4 nitrogen and oxygen atoms in total. The van der Waals surface area contributed by atoms with Crippen LogP contribution in [-0.4, -0.2) is 17.9 Å². The lowest BCUT2D eigenvalue weighted by atomic mass is 10.2. The molecule has 0 heterocycles. The topological polar surface area (TPSA) is 50.7 Å². The number of thioether (sulfide) groups is 1. The van der Waals surface area contributed by atoms with Gasteiger partial charge in [-0.1, -0.05) is 23.9 Å². The smallest absolute Gasteiger partial charge is 0.186 e. The summed E-state index contributed by atoms with van der Waals surface area (Å²) in [6.45, 7) is 0.953. The van der Waals surface area contributed by atoms with E-state index in [0.717, 1.165) is 16.3 Å². The van der Waals surface area contributed by atoms with E-state index in [0.29, 0.717) is 10.6 Å². The number of carbonyl (C=O) groups is 1. The third-order valence-corrected chi connectivity index (χ3v) is 4.05. The number of benzene rings is 2. The number of hydrogen-bond acceptors (Lipinski definition) is 5. The molecule has 1 N–H and O–H groups in total. The molecule has 120 valence electrons. The molecule has 0 aromatic heterocycles. The molecule has 0 radical (unpaired) electrons. The van der Waals surface area contributed by atoms with Crippen LogP contribution in [0.5, 0.6) is 5.75 Å². The molecular weight excluding hydrogens is 315 g/mol. The number of anilines is 1. The number of ether oxygens (including phenoxy) is 1. The van der Waals surface area contributed by atoms with Gasteiger partial charge in [-0.05, 0) is 42.0 Å². The van der Waals surface area contributed by atoms with Crippen molar-refractivity contribution in [2.75, 3.05) is 12.5 Å². The molecule has 2 rings (SSSR count). The summed E-state index contributed by atoms with van der Waals surface area (Å²) in [5.74, 6) is 0.597. The molecule has 0 bridgehead atoms. The highest BCUT2D eigenvalue weighted by molar-refractivity contribution is 8.15. The molecule has 0 saturated carbocycles. The van der Waals surface area contributed by atoms with Crippen molar-refractivity contribution in [3.63, 3.8) is 0 Å². The molecule has 0 unspecified atom stereocenters. The number of hydrazone groups is 1. The Morgan fingerprint density at radius 1 is 1.17 bits per heavy atom. The van der Waals surface area contributed by atoms with Crippen molar-refractivity contribution < 1.29 is 13.9 Å². The fraction of sp³-hybridized carbons (Fsp3) is 0.176. The minimum atomic E-state index is -0.502. The van der Waals surface area contributed by atoms with Crippen LogP contribution in [0.25, 0.3) is 0 Å². The maximum atomic E-state index is 12.5. The summed E-state index contributed by atoms with van der Waals surface area (Å²) in [7, 11) is 1.60. The Morgan fingerprint density at radius 2 is 1.83 bits per heavy atom. The second kappa shape index (κ2) is 8.33. The number of nitrogens with zero attached hydrogens (tertiary/aromatic N) is 1. The number of halogens is 1. The van der Waals surface area contributed by atoms with Gasteiger partial charge in [0.2, 0.25) is 0 Å². The van der Waals surface area contributed by atoms with Gasteiger partial charge in [0.1, 0.15) is 12.4 Å². The first kappa shape index (κ1) is 17.0. The van der Waals surface area contributed by atoms with Crippen molar-refractivity contribution in [2.24, 2.45) is 5.10 Å². The molecule has 0 aliphatic rings. The number of rotatable bonds is 6. The zero-order valence-electron chi connectivity index (χ0n) is 12.9. The summed E-state index contributed by atoms with van der Waals surface area (Å²) in [5, 5.41) is 4.48. The maximum Gasteiger partial charge on any atom is 0.186 e. The van der Waals surface area contributed by atoms with Gasteiger partial charge in [0.25, 0.3) is 0 Å². The summed E-state index contributed by atoms with van der Waals surface area (Å²) in [4.78, 5) is 12.5. The number of methoxy groups -OCH3 is 1. The van der Waals surface area contributed by atoms with E-state index in [2.05, 4.69) is 10.5 Å². The third-order valence-electron chi connectivity index (χ3n) is 2.97. The molecule has 0 aliphatic heterocycles. The van der Waals surface area contributed by atoms with Gasteiger partial charge >= 0.3 is 0 Å². The zero-order chi connectivity index (χ0) is 16.7. The second-order valence-electron chi connectivity index (χ2n) is 4.69. The van der Waals surface area contributed by atoms with Gasteiger partial charge in [0, 0.05) is 11.8 Å². The lowest BCUT2D eigenvalue weighted by molar-refractivity contribution is -0.110. The van der Waals surface area contributed by atoms with Crippen molar-refractivity contribution in [1.82, 2.24) is 0 Å². The van der Waals surface area contributed by atoms with Crippen molar-refractivity contribution in [3.05, 3.63) is 54.1 Å². The van der Waals surface area contributed by atoms with Crippen LogP contribution in [0.15, 0.2) is 58.5 Å². The number of alkyl halides is 1. The van der Waals surface area contributed by atoms with Crippen LogP contribution in [0, 0.1) is 0 Å². The predicted octanol–water partition coefficient (Wildman–Crippen LogP) is 4.27. The average Bonchev–Trinajstić information content (AvgIpc) is 2.59. The first-order valence-electron chi connectivity index (χ1n) is 6.94. The van der Waals surface area contributed by atoms with Crippen LogP contribution in [0.1, 0.15) is 12.5 Å². The largest absolute Gasteiger partial charge is 0.497 e. The SMILES string of the molecule is COc1ccc(N/N=C(/Sc2ccc(CF)cc2)C(C)=O)cc1. The van der Waals surface area contributed by atoms with Crippen LogP contribution in [0.2, 0.25) is 0 Å². The van der Waals surface area contributed by atoms with Crippen LogP contribution in [-0.2, 0) is 11.5 Å². The normalized spacial score (nSPS) is 11.2. The van der Waals surface area contributed by atoms with E-state index in [1.54, 1.807) is 55.6 Å². The van der Waals surface area contributed by atoms with E-state index in [4.69, 9.17) is 4.74 Å². The van der Waals surface area contributed by atoms with Crippen molar-refractivity contribution in [2.45, 2.75) is 18.5 Å². The molecule has 0 aliphatic carbocycles. The average molecular weight is 332 g/mol. The van der Waals surface area contributed by atoms with Crippen molar-refractivity contribution in [1.29, 1.82) is 0 Å². The van der Waals surface area contributed by atoms with Gasteiger partial charge < -0.3 is 4.74 Å². The van der Waals surface area contributed by atoms with Gasteiger partial charge in [-0.3, -0.25) is 10.2 Å². The minimum absolute atomic E-state index is 0.148. The van der Waals surface area contributed by atoms with E-state index in [9.17, 15) is 9.18 Å². The van der Waals surface area contributed by atoms with Crippen LogP contribution in [0.3, 0.4) is 0 Å². The van der Waals surface area contributed by atoms with Gasteiger partial charge in [-0.25, -0.2) is 4.39 Å². The molecule has 2 aromatic carbocycles. The van der Waals surface area contributed by atoms with E-state index in [1.807, 2.05) is 0 Å². The standard InChI is InChI=1S/C17H17FN2O2S/c1-12(21)17(23-16-9-3-13(11-18)4-10-16)20-19-14-5-7-15(22-2)8-6-14/h3-10,19H,11H2,1-2H3/b20-17+. The number of carbonyl (C=O) groups excluding carboxylic acids is 1. The number of nitrogens with one attached hydrogen (secondary N) is 1. The lowest BCUT2D eigenvalue weighted by Gasteiger charge is -2.06. The lowest BCUT2D eigenvalue weighted by Crippen LogP contribution is -2.08. The Kier molecular flexibility index (Phi) is 6.17. The van der Waals surface area contributed by atoms with Gasteiger partial charge in [0.15, 0.2) is 10.8 Å². The van der Waals surface area contributed by atoms with Crippen LogP contribution < -0.4 is 10.2 Å². The Bertz CT molecular complexity index is 685. The molecule has 0 amide bonds. The van der Waals surface area contributed by atoms with Gasteiger partial charge in [-0.2, -0.15) is 5.10 Å². The second-order valence-corrected chi connectivity index (χ2v) is 5.76. The molecule has 0 fully saturated rings. The first-order valence-corrected chi connectivity index (χ1v) is 7.75. The molecule has 6 heteroatoms. The van der Waals surface area contributed by atoms with E-state index in [1.165, 1.54) is 18.7 Å². The highest BCUT2D eigenvalue weighted by atomic mass is 32.2. The Morgan fingerprint density at radius 3 is 2.35 bits per heavy atom. The molecule has 2 aromatic rings. The van der Waals surface area contributed by atoms with E-state index < -0.39 is 6.67 Å². The summed E-state index contributed by atoms with van der Waals surface area (Å²) in [6.07, 6.45) is 0. The van der Waals surface area contributed by atoms with Crippen LogP contribution >= 0.6 is 11.8 Å². The summed E-state index contributed by atoms with van der Waals surface area (Å²) < 4.78 is 17.6. The Balaban J connectivity index is 2.08. The third kappa shape index (κ3) is 5.10. The fourth-order valence-corrected chi connectivity index (χ4v) is 2.44. The van der Waals surface area contributed by atoms with E-state index in [-0.39, 0.29) is 5.78 Å². The predicted molar refractivity (Wildman–Crippen MR) is 91.8 cm³/mol. The summed E-state index contributed by atoms with van der Waals surface area (Å²) in [5.41, 5.74) is 4.20. The quantitative estimate of drug-likeness (QED) is 0.371.